The summed E-state index contributed by atoms with van der Waals surface area (Å²) in [4.78, 5) is 19.4. The molecular formula is C8H16O4Si. The number of hydrogen-bond acceptors (Lipinski definition) is 3. The standard InChI is InChI=1S/C5H8O2.C3H4O2.H4Si/c1-4(2)5(6)7-3;1-2-3(4)5;/h1H2,2-3H3;2H,1H2,(H,4,5);1H4. The Labute approximate surface area is 81.9 Å². The average Bonchev–Trinajstić information content (AvgIpc) is 2.04. The van der Waals surface area contributed by atoms with Crippen molar-refractivity contribution in [2.75, 3.05) is 7.11 Å². The molecule has 13 heavy (non-hydrogen) atoms. The Morgan fingerprint density at radius 2 is 1.77 bits per heavy atom. The smallest absolute Gasteiger partial charge is 0.332 e. The molecule has 0 atom stereocenters. The Hall–Kier alpha value is -1.36. The maximum absolute atomic E-state index is 10.2. The van der Waals surface area contributed by atoms with Crippen LogP contribution >= 0.6 is 0 Å². The van der Waals surface area contributed by atoms with E-state index in [1.54, 1.807) is 6.92 Å². The van der Waals surface area contributed by atoms with Crippen molar-refractivity contribution in [1.29, 1.82) is 0 Å². The highest BCUT2D eigenvalue weighted by Gasteiger charge is 1.95. The molecule has 0 amide bonds. The lowest BCUT2D eigenvalue weighted by molar-refractivity contribution is -0.136. The lowest BCUT2D eigenvalue weighted by Gasteiger charge is -1.91. The molecule has 0 radical (unpaired) electrons. The van der Waals surface area contributed by atoms with Gasteiger partial charge in [-0.05, 0) is 17.9 Å². The number of carbonyl (C=O) groups excluding carboxylic acids is 1. The van der Waals surface area contributed by atoms with E-state index in [0.717, 1.165) is 6.08 Å². The molecule has 0 aromatic carbocycles. The highest BCUT2D eigenvalue weighted by atomic mass is 28.1. The van der Waals surface area contributed by atoms with E-state index < -0.39 is 5.97 Å². The van der Waals surface area contributed by atoms with E-state index in [4.69, 9.17) is 5.11 Å². The molecule has 0 aliphatic heterocycles. The van der Waals surface area contributed by atoms with Crippen molar-refractivity contribution in [3.8, 4) is 0 Å². The summed E-state index contributed by atoms with van der Waals surface area (Å²) in [5.41, 5.74) is 0.433. The second-order valence-corrected chi connectivity index (χ2v) is 1.81. The molecule has 0 unspecified atom stereocenters. The predicted octanol–water partition coefficient (Wildman–Crippen LogP) is -0.459. The first-order chi connectivity index (χ1) is 5.45. The van der Waals surface area contributed by atoms with Crippen molar-refractivity contribution in [3.05, 3.63) is 24.8 Å². The molecule has 5 heteroatoms. The zero-order valence-corrected chi connectivity index (χ0v) is 7.16. The molecular weight excluding hydrogens is 188 g/mol. The van der Waals surface area contributed by atoms with Crippen LogP contribution in [0.25, 0.3) is 0 Å². The molecule has 0 rings (SSSR count). The van der Waals surface area contributed by atoms with Gasteiger partial charge >= 0.3 is 11.9 Å². The van der Waals surface area contributed by atoms with Gasteiger partial charge in [-0.25, -0.2) is 9.59 Å². The van der Waals surface area contributed by atoms with Crippen LogP contribution in [0, 0.1) is 0 Å². The van der Waals surface area contributed by atoms with Crippen molar-refractivity contribution in [1.82, 2.24) is 0 Å². The number of carboxylic acids is 1. The van der Waals surface area contributed by atoms with Crippen molar-refractivity contribution < 1.29 is 19.4 Å². The maximum atomic E-state index is 10.2. The van der Waals surface area contributed by atoms with Crippen LogP contribution in [0.3, 0.4) is 0 Å². The Morgan fingerprint density at radius 1 is 1.46 bits per heavy atom. The summed E-state index contributed by atoms with van der Waals surface area (Å²) in [5.74, 6) is -1.33. The number of carboxylic acid groups (broad SMARTS) is 1. The molecule has 4 nitrogen and oxygen atoms in total. The van der Waals surface area contributed by atoms with Crippen LogP contribution in [-0.2, 0) is 14.3 Å². The van der Waals surface area contributed by atoms with E-state index >= 15 is 0 Å². The van der Waals surface area contributed by atoms with Crippen LogP contribution in [0.15, 0.2) is 24.8 Å². The van der Waals surface area contributed by atoms with Gasteiger partial charge in [-0.3, -0.25) is 0 Å². The fourth-order valence-corrected chi connectivity index (χ4v) is 0.174. The minimum atomic E-state index is -0.981. The summed E-state index contributed by atoms with van der Waals surface area (Å²) in [5, 5.41) is 7.60. The van der Waals surface area contributed by atoms with E-state index in [0.29, 0.717) is 5.57 Å². The van der Waals surface area contributed by atoms with Crippen LogP contribution < -0.4 is 0 Å². The quantitative estimate of drug-likeness (QED) is 0.375. The first-order valence-corrected chi connectivity index (χ1v) is 3.04. The summed E-state index contributed by atoms with van der Waals surface area (Å²) in [6, 6.07) is 0. The zero-order chi connectivity index (χ0) is 10.1. The van der Waals surface area contributed by atoms with E-state index in [-0.39, 0.29) is 16.9 Å². The summed E-state index contributed by atoms with van der Waals surface area (Å²) in [6.45, 7) is 7.92. The van der Waals surface area contributed by atoms with Crippen LogP contribution in [-0.4, -0.2) is 35.1 Å². The molecule has 0 spiro atoms. The predicted molar refractivity (Wildman–Crippen MR) is 56.0 cm³/mol. The van der Waals surface area contributed by atoms with Gasteiger partial charge in [-0.2, -0.15) is 0 Å². The molecule has 0 bridgehead atoms. The van der Waals surface area contributed by atoms with Crippen LogP contribution in [0.5, 0.6) is 0 Å². The van der Waals surface area contributed by atoms with Gasteiger partial charge in [0.15, 0.2) is 0 Å². The molecule has 0 aliphatic rings. The number of aliphatic carboxylic acids is 1. The third-order valence-corrected chi connectivity index (χ3v) is 0.708. The number of methoxy groups -OCH3 is 1. The highest BCUT2D eigenvalue weighted by Crippen LogP contribution is 1.87. The number of hydrogen-bond donors (Lipinski definition) is 1. The normalized spacial score (nSPS) is 6.62. The summed E-state index contributed by atoms with van der Waals surface area (Å²) >= 11 is 0. The largest absolute Gasteiger partial charge is 0.478 e. The fourth-order valence-electron chi connectivity index (χ4n) is 0.174. The summed E-state index contributed by atoms with van der Waals surface area (Å²) < 4.78 is 4.27. The minimum absolute atomic E-state index is 0. The zero-order valence-electron chi connectivity index (χ0n) is 7.16. The second-order valence-electron chi connectivity index (χ2n) is 1.81. The van der Waals surface area contributed by atoms with Gasteiger partial charge < -0.3 is 9.84 Å². The summed E-state index contributed by atoms with van der Waals surface area (Å²) in [6.07, 6.45) is 0.833. The van der Waals surface area contributed by atoms with Crippen LogP contribution in [0.1, 0.15) is 6.92 Å². The molecule has 0 aromatic rings. The number of carbonyl (C=O) groups is 2. The fraction of sp³-hybridized carbons (Fsp3) is 0.250. The monoisotopic (exact) mass is 204 g/mol. The van der Waals surface area contributed by atoms with Crippen molar-refractivity contribution in [2.45, 2.75) is 6.92 Å². The minimum Gasteiger partial charge on any atom is -0.478 e. The number of ether oxygens (including phenoxy) is 1. The SMILES string of the molecule is C=C(C)C(=O)OC.C=CC(=O)O.[SiH4]. The highest BCUT2D eigenvalue weighted by molar-refractivity contribution is 5.86. The molecule has 0 aliphatic carbocycles. The van der Waals surface area contributed by atoms with Gasteiger partial charge in [-0.1, -0.05) is 13.2 Å². The Kier molecular flexibility index (Phi) is 14.4. The average molecular weight is 204 g/mol. The first-order valence-electron chi connectivity index (χ1n) is 3.04. The molecule has 76 valence electrons. The van der Waals surface area contributed by atoms with Gasteiger partial charge in [0.05, 0.1) is 7.11 Å². The van der Waals surface area contributed by atoms with Gasteiger partial charge in [0.1, 0.15) is 0 Å². The third kappa shape index (κ3) is 18.0. The Balaban J connectivity index is -0.000000150. The van der Waals surface area contributed by atoms with Crippen molar-refractivity contribution in [3.63, 3.8) is 0 Å². The van der Waals surface area contributed by atoms with E-state index in [9.17, 15) is 9.59 Å². The number of esters is 1. The van der Waals surface area contributed by atoms with Gasteiger partial charge in [0.2, 0.25) is 0 Å². The maximum Gasteiger partial charge on any atom is 0.332 e. The van der Waals surface area contributed by atoms with E-state index in [1.165, 1.54) is 7.11 Å². The van der Waals surface area contributed by atoms with E-state index in [2.05, 4.69) is 17.9 Å². The molecule has 0 heterocycles. The molecule has 0 aromatic heterocycles. The number of rotatable bonds is 2. The molecule has 0 fully saturated rings. The van der Waals surface area contributed by atoms with E-state index in [1.807, 2.05) is 0 Å². The molecule has 0 saturated heterocycles. The topological polar surface area (TPSA) is 63.6 Å². The van der Waals surface area contributed by atoms with Crippen molar-refractivity contribution >= 4 is 22.9 Å². The van der Waals surface area contributed by atoms with Gasteiger partial charge in [0.25, 0.3) is 0 Å². The lowest BCUT2D eigenvalue weighted by Crippen LogP contribution is -1.98. The molecule has 0 saturated carbocycles. The van der Waals surface area contributed by atoms with Crippen molar-refractivity contribution in [2.24, 2.45) is 0 Å². The third-order valence-electron chi connectivity index (χ3n) is 0.708. The Morgan fingerprint density at radius 3 is 1.77 bits per heavy atom. The van der Waals surface area contributed by atoms with Crippen LogP contribution in [0.4, 0.5) is 0 Å². The molecule has 1 N–H and O–H groups in total. The second kappa shape index (κ2) is 10.6. The lowest BCUT2D eigenvalue weighted by atomic mass is 10.4. The van der Waals surface area contributed by atoms with Gasteiger partial charge in [-0.15, -0.1) is 0 Å². The van der Waals surface area contributed by atoms with Gasteiger partial charge in [0, 0.05) is 11.6 Å². The summed E-state index contributed by atoms with van der Waals surface area (Å²) in [7, 11) is 1.33. The Bertz CT molecular complexity index is 198. The van der Waals surface area contributed by atoms with Crippen LogP contribution in [0.2, 0.25) is 0 Å². The first kappa shape index (κ1) is 17.7.